The Balaban J connectivity index is 1.51. The van der Waals surface area contributed by atoms with Gasteiger partial charge in [-0.25, -0.2) is 4.79 Å². The van der Waals surface area contributed by atoms with Crippen LogP contribution < -0.4 is 10.1 Å². The van der Waals surface area contributed by atoms with Gasteiger partial charge in [-0.2, -0.15) is 0 Å². The molecule has 224 valence electrons. The molecule has 0 atom stereocenters. The lowest BCUT2D eigenvalue weighted by atomic mass is 9.91. The summed E-state index contributed by atoms with van der Waals surface area (Å²) in [6.07, 6.45) is 4.49. The van der Waals surface area contributed by atoms with E-state index in [4.69, 9.17) is 14.2 Å². The summed E-state index contributed by atoms with van der Waals surface area (Å²) in [7, 11) is 0. The third kappa shape index (κ3) is 8.33. The number of amides is 1. The Labute approximate surface area is 248 Å². The van der Waals surface area contributed by atoms with E-state index in [9.17, 15) is 14.7 Å². The molecule has 2 N–H and O–H groups in total. The van der Waals surface area contributed by atoms with Crippen molar-refractivity contribution in [3.63, 3.8) is 0 Å². The Kier molecular flexibility index (Phi) is 11.0. The highest BCUT2D eigenvalue weighted by Gasteiger charge is 2.27. The SMILES string of the molecule is CCOC(=O)C(=O)Nc1cc(C)c(Oc2ccc(O)c(CN(Cc3ccccc3)C3CCC(OCC)CC3)c2)c(C)c1. The van der Waals surface area contributed by atoms with Gasteiger partial charge >= 0.3 is 11.9 Å². The third-order valence-electron chi connectivity index (χ3n) is 7.61. The van der Waals surface area contributed by atoms with Crippen LogP contribution in [0.25, 0.3) is 0 Å². The van der Waals surface area contributed by atoms with Crippen LogP contribution in [0.15, 0.2) is 60.7 Å². The summed E-state index contributed by atoms with van der Waals surface area (Å²) in [5.74, 6) is -0.255. The van der Waals surface area contributed by atoms with E-state index in [2.05, 4.69) is 34.5 Å². The Bertz CT molecular complexity index is 1330. The van der Waals surface area contributed by atoms with E-state index in [0.717, 1.165) is 55.5 Å². The van der Waals surface area contributed by atoms with Crippen LogP contribution in [0.3, 0.4) is 0 Å². The number of benzene rings is 3. The number of aryl methyl sites for hydroxylation is 2. The summed E-state index contributed by atoms with van der Waals surface area (Å²) in [5, 5.41) is 13.4. The molecule has 3 aromatic carbocycles. The number of ether oxygens (including phenoxy) is 3. The lowest BCUT2D eigenvalue weighted by molar-refractivity contribution is -0.152. The van der Waals surface area contributed by atoms with Gasteiger partial charge in [0.2, 0.25) is 0 Å². The van der Waals surface area contributed by atoms with E-state index in [-0.39, 0.29) is 12.4 Å². The maximum absolute atomic E-state index is 12.1. The number of nitrogens with zero attached hydrogens (tertiary/aromatic N) is 1. The molecule has 4 rings (SSSR count). The molecule has 0 aliphatic heterocycles. The van der Waals surface area contributed by atoms with Crippen molar-refractivity contribution in [2.24, 2.45) is 0 Å². The molecule has 8 nitrogen and oxygen atoms in total. The van der Waals surface area contributed by atoms with Gasteiger partial charge in [0.25, 0.3) is 0 Å². The van der Waals surface area contributed by atoms with Crippen LogP contribution in [0.2, 0.25) is 0 Å². The van der Waals surface area contributed by atoms with E-state index in [1.165, 1.54) is 5.56 Å². The highest BCUT2D eigenvalue weighted by atomic mass is 16.5. The van der Waals surface area contributed by atoms with Crippen molar-refractivity contribution < 1.29 is 28.9 Å². The third-order valence-corrected chi connectivity index (χ3v) is 7.61. The number of anilines is 1. The summed E-state index contributed by atoms with van der Waals surface area (Å²) in [4.78, 5) is 26.3. The van der Waals surface area contributed by atoms with Gasteiger partial charge in [0.1, 0.15) is 17.2 Å². The van der Waals surface area contributed by atoms with E-state index >= 15 is 0 Å². The molecule has 8 heteroatoms. The number of carbonyl (C=O) groups is 2. The minimum absolute atomic E-state index is 0.130. The highest BCUT2D eigenvalue weighted by molar-refractivity contribution is 6.37. The van der Waals surface area contributed by atoms with Gasteiger partial charge in [-0.05, 0) is 100 Å². The molecule has 3 aromatic rings. The van der Waals surface area contributed by atoms with Crippen LogP contribution in [0.4, 0.5) is 5.69 Å². The van der Waals surface area contributed by atoms with Crippen LogP contribution >= 0.6 is 0 Å². The first-order chi connectivity index (χ1) is 20.3. The molecule has 42 heavy (non-hydrogen) atoms. The van der Waals surface area contributed by atoms with Gasteiger partial charge in [-0.15, -0.1) is 0 Å². The number of hydrogen-bond acceptors (Lipinski definition) is 7. The zero-order valence-corrected chi connectivity index (χ0v) is 25.0. The van der Waals surface area contributed by atoms with Crippen LogP contribution in [-0.4, -0.2) is 47.2 Å². The highest BCUT2D eigenvalue weighted by Crippen LogP contribution is 2.35. The summed E-state index contributed by atoms with van der Waals surface area (Å²) in [6, 6.07) is 19.6. The van der Waals surface area contributed by atoms with Gasteiger partial charge in [-0.3, -0.25) is 9.69 Å². The fourth-order valence-corrected chi connectivity index (χ4v) is 5.60. The molecule has 0 radical (unpaired) electrons. The monoisotopic (exact) mass is 574 g/mol. The quantitative estimate of drug-likeness (QED) is 0.195. The summed E-state index contributed by atoms with van der Waals surface area (Å²) in [5.41, 5.74) is 4.10. The molecule has 1 saturated carbocycles. The second kappa shape index (κ2) is 14.8. The van der Waals surface area contributed by atoms with Crippen molar-refractivity contribution in [1.29, 1.82) is 0 Å². The number of rotatable bonds is 11. The second-order valence-corrected chi connectivity index (χ2v) is 10.8. The number of phenolic OH excluding ortho intramolecular Hbond substituents is 1. The number of esters is 1. The molecule has 0 heterocycles. The second-order valence-electron chi connectivity index (χ2n) is 10.8. The van der Waals surface area contributed by atoms with Crippen molar-refractivity contribution in [2.45, 2.75) is 78.6 Å². The Morgan fingerprint density at radius 1 is 0.905 bits per heavy atom. The van der Waals surface area contributed by atoms with Crippen molar-refractivity contribution in [1.82, 2.24) is 4.90 Å². The van der Waals surface area contributed by atoms with Gasteiger partial charge in [0.15, 0.2) is 0 Å². The average Bonchev–Trinajstić information content (AvgIpc) is 2.97. The largest absolute Gasteiger partial charge is 0.508 e. The standard InChI is InChI=1S/C34H42N2O6/c1-5-40-29-14-12-28(13-15-29)36(21-25-10-8-7-9-11-25)22-26-20-30(16-17-31(26)37)42-32-23(3)18-27(19-24(32)4)35-33(38)34(39)41-6-2/h7-11,16-20,28-29,37H,5-6,12-15,21-22H2,1-4H3,(H,35,38). The number of aromatic hydroxyl groups is 1. The molecule has 1 amide bonds. The molecule has 0 bridgehead atoms. The summed E-state index contributed by atoms with van der Waals surface area (Å²) in [6.45, 7) is 9.69. The van der Waals surface area contributed by atoms with E-state index in [1.54, 1.807) is 31.2 Å². The van der Waals surface area contributed by atoms with Gasteiger partial charge in [-0.1, -0.05) is 30.3 Å². The lowest BCUT2D eigenvalue weighted by Gasteiger charge is -2.37. The predicted molar refractivity (Wildman–Crippen MR) is 163 cm³/mol. The molecule has 1 aliphatic rings. The fourth-order valence-electron chi connectivity index (χ4n) is 5.60. The molecule has 1 aliphatic carbocycles. The first-order valence-corrected chi connectivity index (χ1v) is 14.8. The topological polar surface area (TPSA) is 97.3 Å². The van der Waals surface area contributed by atoms with Crippen molar-refractivity contribution in [3.8, 4) is 17.2 Å². The average molecular weight is 575 g/mol. The first-order valence-electron chi connectivity index (χ1n) is 14.8. The predicted octanol–water partition coefficient (Wildman–Crippen LogP) is 6.65. The lowest BCUT2D eigenvalue weighted by Crippen LogP contribution is -2.38. The van der Waals surface area contributed by atoms with Crippen molar-refractivity contribution in [3.05, 3.63) is 82.9 Å². The number of nitrogens with one attached hydrogen (secondary N) is 1. The summed E-state index contributed by atoms with van der Waals surface area (Å²) >= 11 is 0. The molecular weight excluding hydrogens is 532 g/mol. The first kappa shape index (κ1) is 31.1. The zero-order chi connectivity index (χ0) is 30.1. The molecule has 0 unspecified atom stereocenters. The normalized spacial score (nSPS) is 16.7. The number of phenols is 1. The molecular formula is C34H42N2O6. The van der Waals surface area contributed by atoms with Crippen LogP contribution in [0.5, 0.6) is 17.2 Å². The maximum Gasteiger partial charge on any atom is 0.397 e. The van der Waals surface area contributed by atoms with Crippen molar-refractivity contribution in [2.75, 3.05) is 18.5 Å². The number of carbonyl (C=O) groups excluding carboxylic acids is 2. The summed E-state index contributed by atoms with van der Waals surface area (Å²) < 4.78 is 17.0. The minimum Gasteiger partial charge on any atom is -0.508 e. The maximum atomic E-state index is 12.1. The van der Waals surface area contributed by atoms with Gasteiger partial charge < -0.3 is 24.6 Å². The molecule has 0 saturated heterocycles. The van der Waals surface area contributed by atoms with Crippen LogP contribution in [0.1, 0.15) is 61.8 Å². The smallest absolute Gasteiger partial charge is 0.397 e. The van der Waals surface area contributed by atoms with E-state index in [0.29, 0.717) is 35.9 Å². The van der Waals surface area contributed by atoms with Crippen molar-refractivity contribution >= 4 is 17.6 Å². The molecule has 0 aromatic heterocycles. The van der Waals surface area contributed by atoms with Crippen LogP contribution in [-0.2, 0) is 32.2 Å². The fraction of sp³-hybridized carbons (Fsp3) is 0.412. The van der Waals surface area contributed by atoms with Crippen LogP contribution in [0, 0.1) is 13.8 Å². The molecule has 1 fully saturated rings. The molecule has 0 spiro atoms. The Morgan fingerprint density at radius 3 is 2.24 bits per heavy atom. The van der Waals surface area contributed by atoms with E-state index in [1.807, 2.05) is 32.9 Å². The Hall–Kier alpha value is -3.88. The zero-order valence-electron chi connectivity index (χ0n) is 25.0. The number of hydrogen-bond donors (Lipinski definition) is 2. The minimum atomic E-state index is -0.923. The van der Waals surface area contributed by atoms with E-state index < -0.39 is 11.9 Å². The Morgan fingerprint density at radius 2 is 1.60 bits per heavy atom. The van der Waals surface area contributed by atoms with Gasteiger partial charge in [0.05, 0.1) is 12.7 Å². The van der Waals surface area contributed by atoms with Gasteiger partial charge in [0, 0.05) is 37.0 Å².